The van der Waals surface area contributed by atoms with Crippen LogP contribution in [0, 0.1) is 0 Å². The lowest BCUT2D eigenvalue weighted by Gasteiger charge is -2.36. The van der Waals surface area contributed by atoms with Crippen LogP contribution in [0.5, 0.6) is 0 Å². The van der Waals surface area contributed by atoms with E-state index in [1.807, 2.05) is 4.90 Å². The number of aromatic nitrogens is 1. The summed E-state index contributed by atoms with van der Waals surface area (Å²) in [6, 6.07) is 4.83. The summed E-state index contributed by atoms with van der Waals surface area (Å²) in [4.78, 5) is 42.1. The lowest BCUT2D eigenvalue weighted by molar-refractivity contribution is -0.141. The minimum atomic E-state index is -0.185. The molecule has 0 unspecified atom stereocenters. The van der Waals surface area contributed by atoms with Crippen LogP contribution >= 0.6 is 0 Å². The normalized spacial score (nSPS) is 19.0. The van der Waals surface area contributed by atoms with Gasteiger partial charge in [-0.05, 0) is 6.07 Å². The summed E-state index contributed by atoms with van der Waals surface area (Å²) in [5.41, 5.74) is -0.185. The van der Waals surface area contributed by atoms with Crippen LogP contribution in [0.3, 0.4) is 0 Å². The van der Waals surface area contributed by atoms with Gasteiger partial charge in [-0.1, -0.05) is 6.07 Å². The van der Waals surface area contributed by atoms with E-state index in [0.29, 0.717) is 45.9 Å². The number of pyridine rings is 1. The highest BCUT2D eigenvalue weighted by Gasteiger charge is 2.25. The molecular formula is C17H24N4O4. The Kier molecular flexibility index (Phi) is 5.83. The second-order valence-electron chi connectivity index (χ2n) is 6.32. The molecule has 0 aliphatic carbocycles. The lowest BCUT2D eigenvalue weighted by atomic mass is 10.3. The maximum atomic E-state index is 12.4. The van der Waals surface area contributed by atoms with E-state index in [2.05, 4.69) is 4.90 Å². The van der Waals surface area contributed by atoms with Gasteiger partial charge in [0.25, 0.3) is 5.56 Å². The summed E-state index contributed by atoms with van der Waals surface area (Å²) >= 11 is 0. The van der Waals surface area contributed by atoms with E-state index in [9.17, 15) is 14.4 Å². The maximum Gasteiger partial charge on any atom is 0.250 e. The van der Waals surface area contributed by atoms with Crippen LogP contribution in [-0.2, 0) is 20.9 Å². The Hall–Kier alpha value is -2.19. The molecule has 8 nitrogen and oxygen atoms in total. The number of rotatable bonds is 4. The summed E-state index contributed by atoms with van der Waals surface area (Å²) < 4.78 is 6.69. The first-order chi connectivity index (χ1) is 12.1. The fourth-order valence-electron chi connectivity index (χ4n) is 3.09. The maximum absolute atomic E-state index is 12.4. The molecular weight excluding hydrogens is 324 g/mol. The van der Waals surface area contributed by atoms with Crippen LogP contribution in [0.1, 0.15) is 0 Å². The molecule has 0 radical (unpaired) electrons. The smallest absolute Gasteiger partial charge is 0.250 e. The Morgan fingerprint density at radius 2 is 1.48 bits per heavy atom. The van der Waals surface area contributed by atoms with Crippen molar-refractivity contribution in [3.8, 4) is 0 Å². The summed E-state index contributed by atoms with van der Waals surface area (Å²) in [7, 11) is 0. The molecule has 1 aromatic heterocycles. The largest absolute Gasteiger partial charge is 0.379 e. The highest BCUT2D eigenvalue weighted by molar-refractivity contribution is 5.79. The van der Waals surface area contributed by atoms with Crippen molar-refractivity contribution in [2.24, 2.45) is 0 Å². The SMILES string of the molecule is O=C(CN1CCOCC1)N1CCN(C(=O)Cn2ccccc2=O)CC1. The number of carbonyl (C=O) groups is 2. The van der Waals surface area contributed by atoms with Crippen molar-refractivity contribution in [2.75, 3.05) is 59.0 Å². The number of piperazine rings is 1. The monoisotopic (exact) mass is 348 g/mol. The molecule has 2 saturated heterocycles. The van der Waals surface area contributed by atoms with E-state index in [1.54, 1.807) is 23.2 Å². The van der Waals surface area contributed by atoms with Crippen LogP contribution < -0.4 is 5.56 Å². The van der Waals surface area contributed by atoms with Crippen molar-refractivity contribution in [2.45, 2.75) is 6.54 Å². The van der Waals surface area contributed by atoms with Gasteiger partial charge in [-0.3, -0.25) is 19.3 Å². The molecule has 0 spiro atoms. The predicted octanol–water partition coefficient (Wildman–Crippen LogP) is -1.15. The van der Waals surface area contributed by atoms with E-state index < -0.39 is 0 Å². The van der Waals surface area contributed by atoms with E-state index >= 15 is 0 Å². The van der Waals surface area contributed by atoms with Crippen LogP contribution in [0.25, 0.3) is 0 Å². The van der Waals surface area contributed by atoms with Gasteiger partial charge in [0.2, 0.25) is 11.8 Å². The number of hydrogen-bond donors (Lipinski definition) is 0. The first-order valence-electron chi connectivity index (χ1n) is 8.64. The Balaban J connectivity index is 1.46. The van der Waals surface area contributed by atoms with Gasteiger partial charge in [0.1, 0.15) is 6.54 Å². The number of hydrogen-bond acceptors (Lipinski definition) is 5. The van der Waals surface area contributed by atoms with Gasteiger partial charge >= 0.3 is 0 Å². The number of ether oxygens (including phenoxy) is 1. The molecule has 0 bridgehead atoms. The Labute approximate surface area is 146 Å². The van der Waals surface area contributed by atoms with Crippen molar-refractivity contribution in [1.29, 1.82) is 0 Å². The topological polar surface area (TPSA) is 75.1 Å². The third-order valence-corrected chi connectivity index (χ3v) is 4.65. The van der Waals surface area contributed by atoms with E-state index in [0.717, 1.165) is 13.1 Å². The Morgan fingerprint density at radius 3 is 2.08 bits per heavy atom. The third-order valence-electron chi connectivity index (χ3n) is 4.65. The lowest BCUT2D eigenvalue weighted by Crippen LogP contribution is -2.54. The molecule has 0 saturated carbocycles. The average Bonchev–Trinajstić information content (AvgIpc) is 2.64. The van der Waals surface area contributed by atoms with Crippen molar-refractivity contribution < 1.29 is 14.3 Å². The zero-order valence-corrected chi connectivity index (χ0v) is 14.3. The molecule has 136 valence electrons. The molecule has 0 N–H and O–H groups in total. The number of morpholine rings is 1. The summed E-state index contributed by atoms with van der Waals surface area (Å²) in [6.07, 6.45) is 1.61. The highest BCUT2D eigenvalue weighted by atomic mass is 16.5. The summed E-state index contributed by atoms with van der Waals surface area (Å²) in [5, 5.41) is 0. The molecule has 1 aromatic rings. The molecule has 25 heavy (non-hydrogen) atoms. The minimum Gasteiger partial charge on any atom is -0.379 e. The van der Waals surface area contributed by atoms with Crippen LogP contribution in [0.4, 0.5) is 0 Å². The molecule has 8 heteroatoms. The first kappa shape index (κ1) is 17.6. The summed E-state index contributed by atoms with van der Waals surface area (Å²) in [5.74, 6) is 0.0156. The van der Waals surface area contributed by atoms with Crippen LogP contribution in [-0.4, -0.2) is 90.1 Å². The second-order valence-corrected chi connectivity index (χ2v) is 6.32. The van der Waals surface area contributed by atoms with Gasteiger partial charge in [0, 0.05) is 51.5 Å². The molecule has 3 rings (SSSR count). The fourth-order valence-corrected chi connectivity index (χ4v) is 3.09. The summed E-state index contributed by atoms with van der Waals surface area (Å²) in [6.45, 7) is 5.48. The van der Waals surface area contributed by atoms with E-state index in [1.165, 1.54) is 10.6 Å². The van der Waals surface area contributed by atoms with Crippen molar-refractivity contribution in [3.63, 3.8) is 0 Å². The Bertz CT molecular complexity index is 661. The zero-order valence-electron chi connectivity index (χ0n) is 14.3. The van der Waals surface area contributed by atoms with Crippen molar-refractivity contribution in [3.05, 3.63) is 34.7 Å². The second kappa shape index (κ2) is 8.26. The predicted molar refractivity (Wildman–Crippen MR) is 91.1 cm³/mol. The quantitative estimate of drug-likeness (QED) is 0.687. The fraction of sp³-hybridized carbons (Fsp3) is 0.588. The minimum absolute atomic E-state index is 0.0431. The standard InChI is InChI=1S/C17H24N4O4/c22-15-3-1-2-4-21(15)14-17(24)20-7-5-19(6-8-20)16(23)13-18-9-11-25-12-10-18/h1-4H,5-14H2. The highest BCUT2D eigenvalue weighted by Crippen LogP contribution is 2.05. The van der Waals surface area contributed by atoms with Gasteiger partial charge in [0.15, 0.2) is 0 Å². The number of amides is 2. The Morgan fingerprint density at radius 1 is 0.880 bits per heavy atom. The van der Waals surface area contributed by atoms with Gasteiger partial charge in [-0.25, -0.2) is 0 Å². The molecule has 2 fully saturated rings. The van der Waals surface area contributed by atoms with Crippen LogP contribution in [0.2, 0.25) is 0 Å². The molecule has 2 amide bonds. The molecule has 2 aliphatic heterocycles. The van der Waals surface area contributed by atoms with Gasteiger partial charge in [-0.15, -0.1) is 0 Å². The van der Waals surface area contributed by atoms with Gasteiger partial charge < -0.3 is 19.1 Å². The van der Waals surface area contributed by atoms with Crippen molar-refractivity contribution in [1.82, 2.24) is 19.3 Å². The molecule has 0 atom stereocenters. The molecule has 0 aromatic carbocycles. The van der Waals surface area contributed by atoms with Gasteiger partial charge in [-0.2, -0.15) is 0 Å². The number of nitrogens with zero attached hydrogens (tertiary/aromatic N) is 4. The first-order valence-corrected chi connectivity index (χ1v) is 8.64. The van der Waals surface area contributed by atoms with E-state index in [-0.39, 0.29) is 23.9 Å². The zero-order chi connectivity index (χ0) is 17.6. The van der Waals surface area contributed by atoms with Crippen LogP contribution in [0.15, 0.2) is 29.2 Å². The third kappa shape index (κ3) is 4.67. The van der Waals surface area contributed by atoms with E-state index in [4.69, 9.17) is 4.74 Å². The van der Waals surface area contributed by atoms with Gasteiger partial charge in [0.05, 0.1) is 19.8 Å². The molecule has 2 aliphatic rings. The van der Waals surface area contributed by atoms with Crippen molar-refractivity contribution >= 4 is 11.8 Å². The average molecular weight is 348 g/mol. The molecule has 3 heterocycles. The number of carbonyl (C=O) groups excluding carboxylic acids is 2.